The van der Waals surface area contributed by atoms with Crippen molar-refractivity contribution in [3.63, 3.8) is 0 Å². The molecule has 1 heterocycles. The lowest BCUT2D eigenvalue weighted by Crippen LogP contribution is -2.38. The van der Waals surface area contributed by atoms with Gasteiger partial charge >= 0.3 is 0 Å². The summed E-state index contributed by atoms with van der Waals surface area (Å²) in [5.74, 6) is 0.183. The second-order valence-electron chi connectivity index (χ2n) is 5.69. The highest BCUT2D eigenvalue weighted by molar-refractivity contribution is 5.77. The van der Waals surface area contributed by atoms with Gasteiger partial charge in [-0.2, -0.15) is 0 Å². The molecule has 1 atom stereocenters. The van der Waals surface area contributed by atoms with Gasteiger partial charge in [0.2, 0.25) is 5.91 Å². The molecule has 1 aliphatic rings. The smallest absolute Gasteiger partial charge is 0.225 e. The Morgan fingerprint density at radius 2 is 1.64 bits per heavy atom. The third-order valence-electron chi connectivity index (χ3n) is 4.09. The van der Waals surface area contributed by atoms with E-state index in [1.807, 2.05) is 41.3 Å². The van der Waals surface area contributed by atoms with Crippen LogP contribution in [0.15, 0.2) is 60.7 Å². The molecule has 0 N–H and O–H groups in total. The molecule has 3 heteroatoms. The van der Waals surface area contributed by atoms with Crippen LogP contribution < -0.4 is 0 Å². The van der Waals surface area contributed by atoms with Crippen LogP contribution in [0.1, 0.15) is 17.5 Å². The van der Waals surface area contributed by atoms with Crippen molar-refractivity contribution in [2.75, 3.05) is 13.3 Å². The fourth-order valence-corrected chi connectivity index (χ4v) is 2.85. The minimum absolute atomic E-state index is 0.158. The molecule has 2 aromatic carbocycles. The van der Waals surface area contributed by atoms with E-state index in [0.29, 0.717) is 19.8 Å². The predicted octanol–water partition coefficient (Wildman–Crippen LogP) is 3.05. The van der Waals surface area contributed by atoms with E-state index >= 15 is 0 Å². The maximum Gasteiger partial charge on any atom is 0.225 e. The van der Waals surface area contributed by atoms with Crippen molar-refractivity contribution < 1.29 is 9.53 Å². The Kier molecular flexibility index (Phi) is 4.86. The number of carbonyl (C=O) groups is 1. The first kappa shape index (κ1) is 14.8. The highest BCUT2D eigenvalue weighted by Crippen LogP contribution is 2.17. The van der Waals surface area contributed by atoms with Gasteiger partial charge < -0.3 is 9.64 Å². The Bertz CT molecular complexity index is 597. The van der Waals surface area contributed by atoms with Crippen LogP contribution in [-0.2, 0) is 22.4 Å². The highest BCUT2D eigenvalue weighted by atomic mass is 16.5. The van der Waals surface area contributed by atoms with Gasteiger partial charge in [0.25, 0.3) is 0 Å². The lowest BCUT2D eigenvalue weighted by molar-refractivity contribution is -0.133. The van der Waals surface area contributed by atoms with E-state index in [9.17, 15) is 4.79 Å². The molecule has 1 aliphatic heterocycles. The molecule has 22 heavy (non-hydrogen) atoms. The van der Waals surface area contributed by atoms with Crippen LogP contribution in [0.3, 0.4) is 0 Å². The summed E-state index contributed by atoms with van der Waals surface area (Å²) in [6, 6.07) is 20.6. The Hall–Kier alpha value is -2.13. The maximum absolute atomic E-state index is 12.5. The molecule has 0 unspecified atom stereocenters. The number of nitrogens with zero attached hydrogens (tertiary/aromatic N) is 1. The van der Waals surface area contributed by atoms with Crippen LogP contribution in [-0.4, -0.2) is 30.2 Å². The third kappa shape index (κ3) is 3.74. The Morgan fingerprint density at radius 3 is 2.32 bits per heavy atom. The minimum atomic E-state index is 0.158. The molecule has 0 aromatic heterocycles. The average Bonchev–Trinajstić information content (AvgIpc) is 3.03. The summed E-state index contributed by atoms with van der Waals surface area (Å²) < 4.78 is 5.52. The molecule has 1 saturated heterocycles. The van der Waals surface area contributed by atoms with Crippen molar-refractivity contribution in [2.45, 2.75) is 25.3 Å². The van der Waals surface area contributed by atoms with E-state index in [2.05, 4.69) is 24.3 Å². The second-order valence-corrected chi connectivity index (χ2v) is 5.69. The average molecular weight is 295 g/mol. The summed E-state index contributed by atoms with van der Waals surface area (Å²) >= 11 is 0. The second kappa shape index (κ2) is 7.23. The van der Waals surface area contributed by atoms with Crippen molar-refractivity contribution >= 4 is 5.91 Å². The number of aryl methyl sites for hydroxylation is 1. The number of benzene rings is 2. The largest absolute Gasteiger partial charge is 0.359 e. The summed E-state index contributed by atoms with van der Waals surface area (Å²) in [6.45, 7) is 1.05. The number of carbonyl (C=O) groups excluding carboxylic acids is 1. The van der Waals surface area contributed by atoms with E-state index in [1.54, 1.807) is 0 Å². The molecule has 1 fully saturated rings. The van der Waals surface area contributed by atoms with E-state index < -0.39 is 0 Å². The van der Waals surface area contributed by atoms with Gasteiger partial charge in [0.05, 0.1) is 12.6 Å². The minimum Gasteiger partial charge on any atom is -0.359 e. The van der Waals surface area contributed by atoms with Gasteiger partial charge in [0, 0.05) is 6.42 Å². The zero-order valence-corrected chi connectivity index (χ0v) is 12.7. The first-order chi connectivity index (χ1) is 10.8. The Morgan fingerprint density at radius 1 is 1.00 bits per heavy atom. The molecule has 2 aromatic rings. The van der Waals surface area contributed by atoms with Crippen molar-refractivity contribution in [3.05, 3.63) is 71.8 Å². The van der Waals surface area contributed by atoms with Gasteiger partial charge in [0.15, 0.2) is 0 Å². The van der Waals surface area contributed by atoms with Crippen molar-refractivity contribution in [1.29, 1.82) is 0 Å². The third-order valence-corrected chi connectivity index (χ3v) is 4.09. The molecule has 0 spiro atoms. The van der Waals surface area contributed by atoms with Crippen LogP contribution in [0.5, 0.6) is 0 Å². The van der Waals surface area contributed by atoms with E-state index in [-0.39, 0.29) is 11.9 Å². The van der Waals surface area contributed by atoms with E-state index in [1.165, 1.54) is 11.1 Å². The zero-order chi connectivity index (χ0) is 15.2. The van der Waals surface area contributed by atoms with E-state index in [0.717, 1.165) is 12.8 Å². The van der Waals surface area contributed by atoms with Gasteiger partial charge in [0.1, 0.15) is 6.73 Å². The van der Waals surface area contributed by atoms with Crippen molar-refractivity contribution in [1.82, 2.24) is 4.90 Å². The molecular formula is C19H21NO2. The van der Waals surface area contributed by atoms with Crippen LogP contribution in [0.4, 0.5) is 0 Å². The fraction of sp³-hybridized carbons (Fsp3) is 0.316. The molecule has 0 aliphatic carbocycles. The monoisotopic (exact) mass is 295 g/mol. The SMILES string of the molecule is O=C(CCc1ccccc1)N1COC[C@H]1Cc1ccccc1. The van der Waals surface area contributed by atoms with Crippen LogP contribution in [0.25, 0.3) is 0 Å². The predicted molar refractivity (Wildman–Crippen MR) is 86.4 cm³/mol. The highest BCUT2D eigenvalue weighted by Gasteiger charge is 2.29. The molecule has 3 rings (SSSR count). The molecule has 0 bridgehead atoms. The van der Waals surface area contributed by atoms with Crippen molar-refractivity contribution in [2.24, 2.45) is 0 Å². The van der Waals surface area contributed by atoms with Crippen LogP contribution in [0.2, 0.25) is 0 Å². The normalized spacial score (nSPS) is 17.6. The fourth-order valence-electron chi connectivity index (χ4n) is 2.85. The molecule has 1 amide bonds. The molecule has 0 radical (unpaired) electrons. The molecule has 0 saturated carbocycles. The molecule has 3 nitrogen and oxygen atoms in total. The lowest BCUT2D eigenvalue weighted by Gasteiger charge is -2.22. The van der Waals surface area contributed by atoms with Gasteiger partial charge in [-0.05, 0) is 24.0 Å². The van der Waals surface area contributed by atoms with Gasteiger partial charge in [-0.15, -0.1) is 0 Å². The van der Waals surface area contributed by atoms with Crippen molar-refractivity contribution in [3.8, 4) is 0 Å². The quantitative estimate of drug-likeness (QED) is 0.848. The summed E-state index contributed by atoms with van der Waals surface area (Å²) in [4.78, 5) is 14.4. The molecule has 114 valence electrons. The first-order valence-corrected chi connectivity index (χ1v) is 7.78. The van der Waals surface area contributed by atoms with Crippen LogP contribution in [0, 0.1) is 0 Å². The van der Waals surface area contributed by atoms with Crippen LogP contribution >= 0.6 is 0 Å². The summed E-state index contributed by atoms with van der Waals surface area (Å²) in [6.07, 6.45) is 2.19. The standard InChI is InChI=1S/C19H21NO2/c21-19(12-11-16-7-3-1-4-8-16)20-15-22-14-18(20)13-17-9-5-2-6-10-17/h1-10,18H,11-15H2/t18-/m1/s1. The van der Waals surface area contributed by atoms with Gasteiger partial charge in [-0.1, -0.05) is 60.7 Å². The van der Waals surface area contributed by atoms with E-state index in [4.69, 9.17) is 4.74 Å². The number of hydrogen-bond acceptors (Lipinski definition) is 2. The Labute approximate surface area is 131 Å². The summed E-state index contributed by atoms with van der Waals surface area (Å²) in [5.41, 5.74) is 2.45. The lowest BCUT2D eigenvalue weighted by atomic mass is 10.0. The Balaban J connectivity index is 1.57. The maximum atomic E-state index is 12.5. The number of amides is 1. The zero-order valence-electron chi connectivity index (χ0n) is 12.7. The number of hydrogen-bond donors (Lipinski definition) is 0. The summed E-state index contributed by atoms with van der Waals surface area (Å²) in [7, 11) is 0. The molecular weight excluding hydrogens is 274 g/mol. The number of rotatable bonds is 5. The van der Waals surface area contributed by atoms with Gasteiger partial charge in [-0.3, -0.25) is 4.79 Å². The summed E-state index contributed by atoms with van der Waals surface area (Å²) in [5, 5.41) is 0. The number of ether oxygens (including phenoxy) is 1. The topological polar surface area (TPSA) is 29.5 Å². The first-order valence-electron chi connectivity index (χ1n) is 7.78. The van der Waals surface area contributed by atoms with Gasteiger partial charge in [-0.25, -0.2) is 0 Å².